The molecule has 0 spiro atoms. The van der Waals surface area contributed by atoms with E-state index >= 15 is 0 Å². The zero-order valence-electron chi connectivity index (χ0n) is 16.5. The van der Waals surface area contributed by atoms with Crippen LogP contribution in [0.3, 0.4) is 0 Å². The zero-order chi connectivity index (χ0) is 19.8. The summed E-state index contributed by atoms with van der Waals surface area (Å²) in [5.41, 5.74) is 10.9. The first-order valence-corrected chi connectivity index (χ1v) is 9.52. The quantitative estimate of drug-likeness (QED) is 0.592. The lowest BCUT2D eigenvalue weighted by Gasteiger charge is -2.18. The molecule has 4 nitrogen and oxygen atoms in total. The Morgan fingerprint density at radius 2 is 1.43 bits per heavy atom. The fourth-order valence-corrected chi connectivity index (χ4v) is 3.24. The second-order valence-electron chi connectivity index (χ2n) is 6.77. The van der Waals surface area contributed by atoms with E-state index in [0.29, 0.717) is 6.54 Å². The number of nitrogens with two attached hydrogens (primary N) is 1. The molecule has 1 unspecified atom stereocenters. The molecular formula is C24H28N2O2. The van der Waals surface area contributed by atoms with Crippen LogP contribution in [0.1, 0.15) is 11.1 Å². The van der Waals surface area contributed by atoms with E-state index in [1.54, 1.807) is 14.2 Å². The lowest BCUT2D eigenvalue weighted by molar-refractivity contribution is 0.354. The van der Waals surface area contributed by atoms with Crippen molar-refractivity contribution in [3.8, 4) is 22.6 Å². The van der Waals surface area contributed by atoms with Gasteiger partial charge in [0, 0.05) is 19.1 Å². The van der Waals surface area contributed by atoms with Crippen LogP contribution in [0.2, 0.25) is 0 Å². The SMILES string of the molecule is COc1ccc(CNC(CN)Cc2ccc(-c3ccccc3)cc2)cc1OC. The largest absolute Gasteiger partial charge is 0.493 e. The molecule has 0 saturated carbocycles. The van der Waals surface area contributed by atoms with Gasteiger partial charge in [-0.25, -0.2) is 0 Å². The van der Waals surface area contributed by atoms with Crippen molar-refractivity contribution >= 4 is 0 Å². The summed E-state index contributed by atoms with van der Waals surface area (Å²) < 4.78 is 10.7. The highest BCUT2D eigenvalue weighted by atomic mass is 16.5. The second-order valence-corrected chi connectivity index (χ2v) is 6.77. The van der Waals surface area contributed by atoms with E-state index in [4.69, 9.17) is 15.2 Å². The molecule has 0 aliphatic carbocycles. The first-order chi connectivity index (χ1) is 13.7. The molecule has 0 amide bonds. The molecule has 0 bridgehead atoms. The minimum atomic E-state index is 0.204. The van der Waals surface area contributed by atoms with Crippen molar-refractivity contribution in [1.82, 2.24) is 5.32 Å². The summed E-state index contributed by atoms with van der Waals surface area (Å²) in [6, 6.07) is 25.3. The van der Waals surface area contributed by atoms with Crippen molar-refractivity contribution in [3.63, 3.8) is 0 Å². The average molecular weight is 377 g/mol. The van der Waals surface area contributed by atoms with Gasteiger partial charge < -0.3 is 20.5 Å². The molecule has 0 heterocycles. The molecule has 0 aliphatic heterocycles. The number of rotatable bonds is 9. The Morgan fingerprint density at radius 1 is 0.786 bits per heavy atom. The van der Waals surface area contributed by atoms with Crippen molar-refractivity contribution in [2.45, 2.75) is 19.0 Å². The van der Waals surface area contributed by atoms with Crippen LogP contribution in [0.15, 0.2) is 72.8 Å². The normalized spacial score (nSPS) is 11.8. The molecule has 28 heavy (non-hydrogen) atoms. The van der Waals surface area contributed by atoms with Crippen LogP contribution >= 0.6 is 0 Å². The number of nitrogens with one attached hydrogen (secondary N) is 1. The van der Waals surface area contributed by atoms with E-state index in [-0.39, 0.29) is 6.04 Å². The van der Waals surface area contributed by atoms with Crippen LogP contribution in [0, 0.1) is 0 Å². The van der Waals surface area contributed by atoms with Crippen LogP contribution in [-0.4, -0.2) is 26.8 Å². The number of benzene rings is 3. The molecule has 0 aliphatic rings. The predicted octanol–water partition coefficient (Wildman–Crippen LogP) is 4.03. The van der Waals surface area contributed by atoms with Crippen LogP contribution in [-0.2, 0) is 13.0 Å². The maximum Gasteiger partial charge on any atom is 0.161 e. The molecule has 3 aromatic carbocycles. The number of hydrogen-bond donors (Lipinski definition) is 2. The van der Waals surface area contributed by atoms with E-state index < -0.39 is 0 Å². The molecule has 3 N–H and O–H groups in total. The van der Waals surface area contributed by atoms with E-state index in [1.165, 1.54) is 16.7 Å². The van der Waals surface area contributed by atoms with Gasteiger partial charge in [-0.2, -0.15) is 0 Å². The van der Waals surface area contributed by atoms with Gasteiger partial charge in [-0.05, 0) is 40.8 Å². The van der Waals surface area contributed by atoms with Crippen molar-refractivity contribution in [2.24, 2.45) is 5.73 Å². The third-order valence-electron chi connectivity index (χ3n) is 4.87. The minimum Gasteiger partial charge on any atom is -0.493 e. The second kappa shape index (κ2) is 9.93. The molecule has 1 atom stereocenters. The molecule has 3 rings (SSSR count). The lowest BCUT2D eigenvalue weighted by Crippen LogP contribution is -2.37. The average Bonchev–Trinajstić information content (AvgIpc) is 2.77. The zero-order valence-corrected chi connectivity index (χ0v) is 16.5. The van der Waals surface area contributed by atoms with Gasteiger partial charge in [0.15, 0.2) is 11.5 Å². The van der Waals surface area contributed by atoms with Gasteiger partial charge in [-0.3, -0.25) is 0 Å². The van der Waals surface area contributed by atoms with Crippen LogP contribution in [0.25, 0.3) is 11.1 Å². The Labute approximate surface area is 167 Å². The van der Waals surface area contributed by atoms with E-state index in [9.17, 15) is 0 Å². The van der Waals surface area contributed by atoms with E-state index in [0.717, 1.165) is 30.0 Å². The smallest absolute Gasteiger partial charge is 0.161 e. The highest BCUT2D eigenvalue weighted by molar-refractivity contribution is 5.63. The Kier molecular flexibility index (Phi) is 7.06. The molecule has 0 fully saturated rings. The summed E-state index contributed by atoms with van der Waals surface area (Å²) in [5, 5.41) is 3.55. The summed E-state index contributed by atoms with van der Waals surface area (Å²) in [7, 11) is 3.29. The predicted molar refractivity (Wildman–Crippen MR) is 115 cm³/mol. The van der Waals surface area contributed by atoms with Crippen molar-refractivity contribution in [1.29, 1.82) is 0 Å². The van der Waals surface area contributed by atoms with Gasteiger partial charge in [0.1, 0.15) is 0 Å². The minimum absolute atomic E-state index is 0.204. The lowest BCUT2D eigenvalue weighted by atomic mass is 10.0. The number of methoxy groups -OCH3 is 2. The first-order valence-electron chi connectivity index (χ1n) is 9.52. The van der Waals surface area contributed by atoms with E-state index in [1.807, 2.05) is 24.3 Å². The number of hydrogen-bond acceptors (Lipinski definition) is 4. The third kappa shape index (κ3) is 5.12. The first kappa shape index (κ1) is 19.9. The fourth-order valence-electron chi connectivity index (χ4n) is 3.24. The number of ether oxygens (including phenoxy) is 2. The van der Waals surface area contributed by atoms with Gasteiger partial charge in [0.25, 0.3) is 0 Å². The Hall–Kier alpha value is -2.82. The molecule has 0 saturated heterocycles. The topological polar surface area (TPSA) is 56.5 Å². The van der Waals surface area contributed by atoms with Gasteiger partial charge in [-0.1, -0.05) is 60.7 Å². The van der Waals surface area contributed by atoms with Crippen molar-refractivity contribution in [3.05, 3.63) is 83.9 Å². The van der Waals surface area contributed by atoms with Gasteiger partial charge >= 0.3 is 0 Å². The standard InChI is InChI=1S/C24H28N2O2/c1-27-23-13-10-19(15-24(23)28-2)17-26-22(16-25)14-18-8-11-21(12-9-18)20-6-4-3-5-7-20/h3-13,15,22,26H,14,16-17,25H2,1-2H3. The Bertz CT molecular complexity index is 864. The summed E-state index contributed by atoms with van der Waals surface area (Å²) >= 11 is 0. The molecule has 3 aromatic rings. The molecule has 146 valence electrons. The van der Waals surface area contributed by atoms with Crippen molar-refractivity contribution < 1.29 is 9.47 Å². The summed E-state index contributed by atoms with van der Waals surface area (Å²) in [6.07, 6.45) is 0.888. The molecule has 0 radical (unpaired) electrons. The van der Waals surface area contributed by atoms with Gasteiger partial charge in [-0.15, -0.1) is 0 Å². The monoisotopic (exact) mass is 376 g/mol. The molecular weight excluding hydrogens is 348 g/mol. The van der Waals surface area contributed by atoms with Gasteiger partial charge in [0.05, 0.1) is 14.2 Å². The Morgan fingerprint density at radius 3 is 2.07 bits per heavy atom. The van der Waals surface area contributed by atoms with E-state index in [2.05, 4.69) is 53.8 Å². The maximum absolute atomic E-state index is 6.00. The summed E-state index contributed by atoms with van der Waals surface area (Å²) in [5.74, 6) is 1.47. The van der Waals surface area contributed by atoms with Crippen LogP contribution in [0.5, 0.6) is 11.5 Å². The molecule has 4 heteroatoms. The maximum atomic E-state index is 6.00. The fraction of sp³-hybridized carbons (Fsp3) is 0.250. The third-order valence-corrected chi connectivity index (χ3v) is 4.87. The van der Waals surface area contributed by atoms with Crippen LogP contribution < -0.4 is 20.5 Å². The molecule has 0 aromatic heterocycles. The highest BCUT2D eigenvalue weighted by Gasteiger charge is 2.10. The summed E-state index contributed by atoms with van der Waals surface area (Å²) in [6.45, 7) is 1.30. The highest BCUT2D eigenvalue weighted by Crippen LogP contribution is 2.27. The summed E-state index contributed by atoms with van der Waals surface area (Å²) in [4.78, 5) is 0. The van der Waals surface area contributed by atoms with Crippen LogP contribution in [0.4, 0.5) is 0 Å². The van der Waals surface area contributed by atoms with Gasteiger partial charge in [0.2, 0.25) is 0 Å². The Balaban J connectivity index is 1.60. The van der Waals surface area contributed by atoms with Crippen molar-refractivity contribution in [2.75, 3.05) is 20.8 Å².